The van der Waals surface area contributed by atoms with Crippen LogP contribution in [0.15, 0.2) is 54.0 Å². The number of rotatable bonds is 10. The van der Waals surface area contributed by atoms with E-state index in [9.17, 15) is 18.8 Å². The lowest BCUT2D eigenvalue weighted by molar-refractivity contribution is -0.122. The largest absolute Gasteiger partial charge is 0.298 e. The first-order valence-corrected chi connectivity index (χ1v) is 12.3. The number of hydrogen-bond acceptors (Lipinski definition) is 5. The molecule has 0 bridgehead atoms. The summed E-state index contributed by atoms with van der Waals surface area (Å²) in [5.41, 5.74) is 1.36. The summed E-state index contributed by atoms with van der Waals surface area (Å²) in [4.78, 5) is 17.7. The summed E-state index contributed by atoms with van der Waals surface area (Å²) in [7, 11) is 0. The molecule has 0 radical (unpaired) electrons. The number of halogens is 2. The number of thiazole rings is 1. The van der Waals surface area contributed by atoms with E-state index in [0.717, 1.165) is 29.5 Å². The maximum Gasteiger partial charge on any atom is 0.151 e. The number of nitrogens with zero attached hydrogens (tertiary/aromatic N) is 2. The fourth-order valence-electron chi connectivity index (χ4n) is 4.17. The fraction of sp³-hybridized carbons (Fsp3) is 0.370. The monoisotopic (exact) mass is 479 g/mol. The Balaban J connectivity index is 1.61. The smallest absolute Gasteiger partial charge is 0.151 e. The predicted molar refractivity (Wildman–Crippen MR) is 129 cm³/mol. The van der Waals surface area contributed by atoms with E-state index in [2.05, 4.69) is 30.2 Å². The third-order valence-corrected chi connectivity index (χ3v) is 7.09. The number of Topliss-reactive ketones (excluding diaryl/α,β-unsaturated/α-hetero) is 1. The molecule has 0 aliphatic heterocycles. The molecule has 7 heteroatoms. The lowest BCUT2D eigenvalue weighted by atomic mass is 9.91. The van der Waals surface area contributed by atoms with E-state index in [1.165, 1.54) is 23.5 Å². The van der Waals surface area contributed by atoms with Crippen molar-refractivity contribution in [2.45, 2.75) is 51.6 Å². The second kappa shape index (κ2) is 10.1. The molecule has 3 aromatic rings. The lowest BCUT2D eigenvalue weighted by Gasteiger charge is -2.26. The molecule has 34 heavy (non-hydrogen) atoms. The maximum absolute atomic E-state index is 14.2. The normalized spacial score (nSPS) is 16.1. The number of carbonyl (C=O) groups excluding carboxylic acids is 1. The van der Waals surface area contributed by atoms with Gasteiger partial charge < -0.3 is 0 Å². The Bertz CT molecular complexity index is 1180. The molecule has 4 nitrogen and oxygen atoms in total. The van der Waals surface area contributed by atoms with Crippen LogP contribution < -0.4 is 5.32 Å². The van der Waals surface area contributed by atoms with Crippen molar-refractivity contribution in [1.29, 1.82) is 5.26 Å². The molecule has 1 aromatic heterocycles. The molecule has 4 rings (SSSR count). The average molecular weight is 480 g/mol. The van der Waals surface area contributed by atoms with E-state index in [-0.39, 0.29) is 18.2 Å². The zero-order chi connectivity index (χ0) is 24.3. The summed E-state index contributed by atoms with van der Waals surface area (Å²) in [6.07, 6.45) is 4.20. The summed E-state index contributed by atoms with van der Waals surface area (Å²) in [6.45, 7) is 4.15. The third-order valence-electron chi connectivity index (χ3n) is 6.25. The summed E-state index contributed by atoms with van der Waals surface area (Å²) < 4.78 is 27.5. The Morgan fingerprint density at radius 1 is 1.21 bits per heavy atom. The van der Waals surface area contributed by atoms with Crippen LogP contribution in [-0.4, -0.2) is 16.8 Å². The van der Waals surface area contributed by atoms with Crippen LogP contribution >= 0.6 is 11.3 Å². The van der Waals surface area contributed by atoms with Gasteiger partial charge >= 0.3 is 0 Å². The van der Waals surface area contributed by atoms with Crippen LogP contribution in [0.25, 0.3) is 11.1 Å². The van der Waals surface area contributed by atoms with Gasteiger partial charge in [0.05, 0.1) is 23.6 Å². The second-order valence-electron chi connectivity index (χ2n) is 9.43. The van der Waals surface area contributed by atoms with Crippen molar-refractivity contribution in [2.75, 3.05) is 0 Å². The van der Waals surface area contributed by atoms with Crippen LogP contribution in [-0.2, 0) is 4.79 Å². The molecular weight excluding hydrogens is 452 g/mol. The van der Waals surface area contributed by atoms with E-state index in [1.807, 2.05) is 17.5 Å². The van der Waals surface area contributed by atoms with Crippen molar-refractivity contribution >= 4 is 17.1 Å². The summed E-state index contributed by atoms with van der Waals surface area (Å²) >= 11 is 1.49. The van der Waals surface area contributed by atoms with E-state index < -0.39 is 23.1 Å². The average Bonchev–Trinajstić information content (AvgIpc) is 3.36. The summed E-state index contributed by atoms with van der Waals surface area (Å²) in [5.74, 6) is -0.883. The molecule has 1 N–H and O–H groups in total. The van der Waals surface area contributed by atoms with E-state index >= 15 is 0 Å². The van der Waals surface area contributed by atoms with Crippen molar-refractivity contribution in [1.82, 2.24) is 10.3 Å². The summed E-state index contributed by atoms with van der Waals surface area (Å²) in [6, 6.07) is 12.5. The van der Waals surface area contributed by atoms with E-state index in [1.54, 1.807) is 18.3 Å². The van der Waals surface area contributed by atoms with E-state index in [0.29, 0.717) is 23.5 Å². The number of ketones is 1. The van der Waals surface area contributed by atoms with Crippen LogP contribution in [0.2, 0.25) is 0 Å². The molecule has 1 aliphatic rings. The van der Waals surface area contributed by atoms with Crippen LogP contribution in [0, 0.1) is 34.3 Å². The molecule has 0 spiro atoms. The highest BCUT2D eigenvalue weighted by Crippen LogP contribution is 2.48. The van der Waals surface area contributed by atoms with Crippen LogP contribution in [0.5, 0.6) is 0 Å². The van der Waals surface area contributed by atoms with Gasteiger partial charge in [-0.05, 0) is 48.4 Å². The number of hydrogen-bond donors (Lipinski definition) is 1. The minimum absolute atomic E-state index is 0.0549. The topological polar surface area (TPSA) is 65.8 Å². The third kappa shape index (κ3) is 5.57. The first-order valence-electron chi connectivity index (χ1n) is 11.4. The predicted octanol–water partition coefficient (Wildman–Crippen LogP) is 6.44. The SMILES string of the molecule is CC(C)C[C@H](N[C@@H](c1ccc(-c2ccc(F)cc2F)cc1)c1nccs1)C(=O)CC1(C#N)CC1. The molecule has 1 fully saturated rings. The number of nitriles is 1. The molecule has 1 aliphatic carbocycles. The van der Waals surface area contributed by atoms with Gasteiger partial charge in [-0.1, -0.05) is 38.1 Å². The van der Waals surface area contributed by atoms with Gasteiger partial charge in [0.2, 0.25) is 0 Å². The van der Waals surface area contributed by atoms with Gasteiger partial charge in [0.1, 0.15) is 16.6 Å². The Morgan fingerprint density at radius 2 is 1.94 bits per heavy atom. The maximum atomic E-state index is 14.2. The Morgan fingerprint density at radius 3 is 2.50 bits per heavy atom. The number of nitrogens with one attached hydrogen (secondary N) is 1. The Labute approximate surface area is 202 Å². The zero-order valence-electron chi connectivity index (χ0n) is 19.2. The van der Waals surface area contributed by atoms with Gasteiger partial charge in [-0.15, -0.1) is 11.3 Å². The highest BCUT2D eigenvalue weighted by molar-refractivity contribution is 7.09. The fourth-order valence-corrected chi connectivity index (χ4v) is 4.89. The van der Waals surface area contributed by atoms with Gasteiger partial charge in [0.15, 0.2) is 5.78 Å². The number of benzene rings is 2. The Kier molecular flexibility index (Phi) is 7.20. The lowest BCUT2D eigenvalue weighted by Crippen LogP contribution is -2.41. The molecule has 2 atom stereocenters. The standard InChI is InChI=1S/C27H27F2N3OS/c1-17(2)13-23(24(33)15-27(16-30)9-10-27)32-25(26-31-11-12-34-26)19-5-3-18(4-6-19)21-8-7-20(28)14-22(21)29/h3-8,11-12,14,17,23,25,32H,9-10,13,15H2,1-2H3/t23-,25-/m0/s1. The highest BCUT2D eigenvalue weighted by atomic mass is 32.1. The molecular formula is C27H27F2N3OS. The van der Waals surface area contributed by atoms with Crippen LogP contribution in [0.3, 0.4) is 0 Å². The highest BCUT2D eigenvalue weighted by Gasteiger charge is 2.46. The number of carbonyl (C=O) groups is 1. The van der Waals surface area contributed by atoms with Gasteiger partial charge in [0, 0.05) is 29.6 Å². The van der Waals surface area contributed by atoms with Gasteiger partial charge in [-0.2, -0.15) is 5.26 Å². The van der Waals surface area contributed by atoms with Crippen molar-refractivity contribution < 1.29 is 13.6 Å². The molecule has 1 saturated carbocycles. The first-order chi connectivity index (χ1) is 16.3. The quantitative estimate of drug-likeness (QED) is 0.363. The van der Waals surface area contributed by atoms with Crippen LogP contribution in [0.1, 0.15) is 56.1 Å². The minimum atomic E-state index is -0.615. The molecule has 0 saturated heterocycles. The van der Waals surface area contributed by atoms with Gasteiger partial charge in [-0.25, -0.2) is 13.8 Å². The van der Waals surface area contributed by atoms with Crippen molar-refractivity contribution in [2.24, 2.45) is 11.3 Å². The first kappa shape index (κ1) is 24.2. The van der Waals surface area contributed by atoms with Crippen molar-refractivity contribution in [3.63, 3.8) is 0 Å². The van der Waals surface area contributed by atoms with E-state index in [4.69, 9.17) is 0 Å². The van der Waals surface area contributed by atoms with Gasteiger partial charge in [0.25, 0.3) is 0 Å². The van der Waals surface area contributed by atoms with Gasteiger partial charge in [-0.3, -0.25) is 10.1 Å². The molecule has 0 amide bonds. The van der Waals surface area contributed by atoms with Crippen molar-refractivity contribution in [3.8, 4) is 17.2 Å². The molecule has 0 unspecified atom stereocenters. The molecule has 176 valence electrons. The molecule has 1 heterocycles. The zero-order valence-corrected chi connectivity index (χ0v) is 20.0. The van der Waals surface area contributed by atoms with Crippen molar-refractivity contribution in [3.05, 3.63) is 76.2 Å². The Hall–Kier alpha value is -2.95. The molecule has 2 aromatic carbocycles. The minimum Gasteiger partial charge on any atom is -0.298 e. The second-order valence-corrected chi connectivity index (χ2v) is 10.4. The summed E-state index contributed by atoms with van der Waals surface area (Å²) in [5, 5.41) is 15.7. The number of aromatic nitrogens is 1. The van der Waals surface area contributed by atoms with Crippen LogP contribution in [0.4, 0.5) is 8.78 Å².